The first-order chi connectivity index (χ1) is 15.1. The SMILES string of the molecule is Cc1ccc(OCCCn2c(CCNC(=O)C3CCCO3)nc3ccccc32)c(C)c1. The fraction of sp³-hybridized carbons (Fsp3) is 0.440. The number of aromatic nitrogens is 2. The van der Waals surface area contributed by atoms with Crippen LogP contribution >= 0.6 is 0 Å². The average molecular weight is 422 g/mol. The molecule has 1 saturated heterocycles. The molecule has 2 aromatic carbocycles. The number of ether oxygens (including phenoxy) is 2. The summed E-state index contributed by atoms with van der Waals surface area (Å²) in [5.41, 5.74) is 4.51. The van der Waals surface area contributed by atoms with Gasteiger partial charge in [0.25, 0.3) is 0 Å². The predicted octanol–water partition coefficient (Wildman–Crippen LogP) is 3.96. The lowest BCUT2D eigenvalue weighted by molar-refractivity contribution is -0.130. The van der Waals surface area contributed by atoms with Crippen molar-refractivity contribution in [3.8, 4) is 5.75 Å². The highest BCUT2D eigenvalue weighted by atomic mass is 16.5. The van der Waals surface area contributed by atoms with E-state index in [9.17, 15) is 4.79 Å². The van der Waals surface area contributed by atoms with Gasteiger partial charge < -0.3 is 19.4 Å². The smallest absolute Gasteiger partial charge is 0.249 e. The van der Waals surface area contributed by atoms with Gasteiger partial charge in [-0.1, -0.05) is 29.8 Å². The Morgan fingerprint density at radius 2 is 2.13 bits per heavy atom. The Morgan fingerprint density at radius 1 is 1.26 bits per heavy atom. The molecule has 31 heavy (non-hydrogen) atoms. The Morgan fingerprint density at radius 3 is 2.94 bits per heavy atom. The van der Waals surface area contributed by atoms with Crippen molar-refractivity contribution in [1.82, 2.24) is 14.9 Å². The minimum absolute atomic E-state index is 0.0120. The maximum Gasteiger partial charge on any atom is 0.249 e. The fourth-order valence-corrected chi connectivity index (χ4v) is 4.13. The minimum Gasteiger partial charge on any atom is -0.493 e. The van der Waals surface area contributed by atoms with E-state index in [-0.39, 0.29) is 12.0 Å². The normalized spacial score (nSPS) is 16.0. The summed E-state index contributed by atoms with van der Waals surface area (Å²) in [5.74, 6) is 1.92. The summed E-state index contributed by atoms with van der Waals surface area (Å²) in [4.78, 5) is 17.0. The number of nitrogens with one attached hydrogen (secondary N) is 1. The second-order valence-electron chi connectivity index (χ2n) is 8.18. The number of hydrogen-bond acceptors (Lipinski definition) is 4. The molecule has 164 valence electrons. The molecule has 0 radical (unpaired) electrons. The lowest BCUT2D eigenvalue weighted by Gasteiger charge is -2.13. The number of aryl methyl sites for hydroxylation is 3. The molecule has 1 N–H and O–H groups in total. The number of amides is 1. The van der Waals surface area contributed by atoms with Crippen LogP contribution in [-0.4, -0.2) is 41.3 Å². The molecule has 2 heterocycles. The van der Waals surface area contributed by atoms with Crippen LogP contribution in [0.2, 0.25) is 0 Å². The predicted molar refractivity (Wildman–Crippen MR) is 121 cm³/mol. The van der Waals surface area contributed by atoms with Crippen molar-refractivity contribution < 1.29 is 14.3 Å². The molecular weight excluding hydrogens is 390 g/mol. The molecular formula is C25H31N3O3. The zero-order valence-electron chi connectivity index (χ0n) is 18.4. The molecule has 0 aliphatic carbocycles. The molecule has 1 unspecified atom stereocenters. The molecule has 0 spiro atoms. The maximum absolute atomic E-state index is 12.2. The lowest BCUT2D eigenvalue weighted by Crippen LogP contribution is -2.35. The highest BCUT2D eigenvalue weighted by Crippen LogP contribution is 2.20. The lowest BCUT2D eigenvalue weighted by atomic mass is 10.1. The van der Waals surface area contributed by atoms with E-state index in [1.165, 1.54) is 5.56 Å². The third-order valence-corrected chi connectivity index (χ3v) is 5.72. The van der Waals surface area contributed by atoms with E-state index < -0.39 is 0 Å². The number of carbonyl (C=O) groups excluding carboxylic acids is 1. The Labute approximate surface area is 183 Å². The second-order valence-corrected chi connectivity index (χ2v) is 8.18. The zero-order chi connectivity index (χ0) is 21.6. The van der Waals surface area contributed by atoms with Gasteiger partial charge >= 0.3 is 0 Å². The van der Waals surface area contributed by atoms with Crippen LogP contribution in [0.5, 0.6) is 5.75 Å². The third kappa shape index (κ3) is 5.25. The van der Waals surface area contributed by atoms with E-state index in [0.717, 1.165) is 54.0 Å². The van der Waals surface area contributed by atoms with Crippen molar-refractivity contribution >= 4 is 16.9 Å². The number of nitrogens with zero attached hydrogens (tertiary/aromatic N) is 2. The van der Waals surface area contributed by atoms with Gasteiger partial charge in [-0.15, -0.1) is 0 Å². The topological polar surface area (TPSA) is 65.4 Å². The molecule has 0 bridgehead atoms. The summed E-state index contributed by atoms with van der Waals surface area (Å²) in [7, 11) is 0. The van der Waals surface area contributed by atoms with E-state index in [0.29, 0.717) is 26.2 Å². The summed E-state index contributed by atoms with van der Waals surface area (Å²) < 4.78 is 13.7. The molecule has 0 saturated carbocycles. The van der Waals surface area contributed by atoms with Crippen LogP contribution in [0.15, 0.2) is 42.5 Å². The van der Waals surface area contributed by atoms with E-state index in [2.05, 4.69) is 41.9 Å². The first-order valence-electron chi connectivity index (χ1n) is 11.2. The average Bonchev–Trinajstić information content (AvgIpc) is 3.41. The summed E-state index contributed by atoms with van der Waals surface area (Å²) in [6.45, 7) is 6.87. The number of rotatable bonds is 9. The summed E-state index contributed by atoms with van der Waals surface area (Å²) in [5, 5.41) is 3.00. The highest BCUT2D eigenvalue weighted by molar-refractivity contribution is 5.81. The number of benzene rings is 2. The van der Waals surface area contributed by atoms with Crippen molar-refractivity contribution in [2.75, 3.05) is 19.8 Å². The number of fused-ring (bicyclic) bond motifs is 1. The summed E-state index contributed by atoms with van der Waals surface area (Å²) >= 11 is 0. The Bertz CT molecular complexity index is 1040. The van der Waals surface area contributed by atoms with E-state index >= 15 is 0 Å². The zero-order valence-corrected chi connectivity index (χ0v) is 18.4. The van der Waals surface area contributed by atoms with Gasteiger partial charge in [0, 0.05) is 26.1 Å². The van der Waals surface area contributed by atoms with Crippen LogP contribution in [0.25, 0.3) is 11.0 Å². The molecule has 1 aromatic heterocycles. The largest absolute Gasteiger partial charge is 0.493 e. The van der Waals surface area contributed by atoms with E-state index in [1.807, 2.05) is 24.3 Å². The third-order valence-electron chi connectivity index (χ3n) is 5.72. The van der Waals surface area contributed by atoms with Gasteiger partial charge in [0.2, 0.25) is 5.91 Å². The van der Waals surface area contributed by atoms with Crippen LogP contribution in [0.3, 0.4) is 0 Å². The minimum atomic E-state index is -0.291. The number of para-hydroxylation sites is 2. The maximum atomic E-state index is 12.2. The van der Waals surface area contributed by atoms with Crippen LogP contribution in [0.4, 0.5) is 0 Å². The van der Waals surface area contributed by atoms with Crippen LogP contribution < -0.4 is 10.1 Å². The van der Waals surface area contributed by atoms with Crippen molar-refractivity contribution in [2.45, 2.75) is 52.2 Å². The van der Waals surface area contributed by atoms with Crippen LogP contribution in [0, 0.1) is 13.8 Å². The molecule has 3 aromatic rings. The van der Waals surface area contributed by atoms with Crippen LogP contribution in [0.1, 0.15) is 36.2 Å². The van der Waals surface area contributed by atoms with Gasteiger partial charge in [-0.05, 0) is 56.9 Å². The first kappa shape index (κ1) is 21.4. The molecule has 1 amide bonds. The molecule has 6 nitrogen and oxygen atoms in total. The first-order valence-corrected chi connectivity index (χ1v) is 11.2. The van der Waals surface area contributed by atoms with E-state index in [4.69, 9.17) is 14.5 Å². The van der Waals surface area contributed by atoms with Gasteiger partial charge in [-0.25, -0.2) is 4.98 Å². The van der Waals surface area contributed by atoms with Gasteiger partial charge in [0.1, 0.15) is 17.7 Å². The van der Waals surface area contributed by atoms with Gasteiger partial charge in [0.15, 0.2) is 0 Å². The van der Waals surface area contributed by atoms with Crippen molar-refractivity contribution in [1.29, 1.82) is 0 Å². The van der Waals surface area contributed by atoms with E-state index in [1.54, 1.807) is 0 Å². The van der Waals surface area contributed by atoms with Gasteiger partial charge in [0.05, 0.1) is 17.6 Å². The number of hydrogen-bond donors (Lipinski definition) is 1. The molecule has 6 heteroatoms. The Hall–Kier alpha value is -2.86. The van der Waals surface area contributed by atoms with Crippen LogP contribution in [-0.2, 0) is 22.5 Å². The molecule has 4 rings (SSSR count). The fourth-order valence-electron chi connectivity index (χ4n) is 4.13. The van der Waals surface area contributed by atoms with Gasteiger partial charge in [-0.2, -0.15) is 0 Å². The monoisotopic (exact) mass is 421 g/mol. The number of imidazole rings is 1. The molecule has 1 aliphatic rings. The Balaban J connectivity index is 1.36. The summed E-state index contributed by atoms with van der Waals surface area (Å²) in [6.07, 6.45) is 3.04. The molecule has 1 fully saturated rings. The Kier molecular flexibility index (Phi) is 6.87. The molecule has 1 atom stereocenters. The highest BCUT2D eigenvalue weighted by Gasteiger charge is 2.23. The van der Waals surface area contributed by atoms with Crippen molar-refractivity contribution in [2.24, 2.45) is 0 Å². The van der Waals surface area contributed by atoms with Gasteiger partial charge in [-0.3, -0.25) is 4.79 Å². The number of carbonyl (C=O) groups is 1. The second kappa shape index (κ2) is 9.96. The molecule has 1 aliphatic heterocycles. The standard InChI is InChI=1S/C25H31N3O3/c1-18-10-11-22(19(2)17-18)30-16-6-14-28-21-8-4-3-7-20(21)27-24(28)12-13-26-25(29)23-9-5-15-31-23/h3-4,7-8,10-11,17,23H,5-6,9,12-16H2,1-2H3,(H,26,29). The van der Waals surface area contributed by atoms with Crippen molar-refractivity contribution in [3.63, 3.8) is 0 Å². The van der Waals surface area contributed by atoms with Crippen molar-refractivity contribution in [3.05, 3.63) is 59.4 Å². The summed E-state index contributed by atoms with van der Waals surface area (Å²) in [6, 6.07) is 14.4. The quantitative estimate of drug-likeness (QED) is 0.531.